The van der Waals surface area contributed by atoms with E-state index in [-0.39, 0.29) is 17.9 Å². The Kier molecular flexibility index (Phi) is 4.74. The second-order valence-electron chi connectivity index (χ2n) is 6.24. The number of hydrogen-bond donors (Lipinski definition) is 2. The molecule has 1 amide bonds. The van der Waals surface area contributed by atoms with E-state index >= 15 is 0 Å². The van der Waals surface area contributed by atoms with Crippen molar-refractivity contribution in [1.29, 1.82) is 0 Å². The fourth-order valence-corrected chi connectivity index (χ4v) is 3.06. The fourth-order valence-electron chi connectivity index (χ4n) is 3.06. The van der Waals surface area contributed by atoms with Crippen LogP contribution in [0.4, 0.5) is 17.3 Å². The van der Waals surface area contributed by atoms with Crippen LogP contribution in [0.2, 0.25) is 0 Å². The number of rotatable bonds is 4. The van der Waals surface area contributed by atoms with E-state index in [9.17, 15) is 4.79 Å². The summed E-state index contributed by atoms with van der Waals surface area (Å²) in [6, 6.07) is 7.39. The van der Waals surface area contributed by atoms with Gasteiger partial charge in [-0.05, 0) is 17.5 Å². The number of para-hydroxylation sites is 1. The highest BCUT2D eigenvalue weighted by Gasteiger charge is 2.35. The molecule has 7 heteroatoms. The second-order valence-corrected chi connectivity index (χ2v) is 6.24. The van der Waals surface area contributed by atoms with Crippen LogP contribution in [0, 0.1) is 5.92 Å². The molecule has 1 aromatic heterocycles. The first-order valence-corrected chi connectivity index (χ1v) is 8.37. The molecule has 0 saturated carbocycles. The summed E-state index contributed by atoms with van der Waals surface area (Å²) in [6.07, 6.45) is 2.38. The molecule has 2 atom stereocenters. The Morgan fingerprint density at radius 1 is 1.44 bits per heavy atom. The Bertz CT molecular complexity index is 780. The van der Waals surface area contributed by atoms with E-state index in [1.54, 1.807) is 0 Å². The van der Waals surface area contributed by atoms with E-state index < -0.39 is 0 Å². The summed E-state index contributed by atoms with van der Waals surface area (Å²) < 4.78 is 5.22. The van der Waals surface area contributed by atoms with E-state index in [0.717, 1.165) is 17.7 Å². The molecule has 25 heavy (non-hydrogen) atoms. The number of hydrogen-bond acceptors (Lipinski definition) is 6. The van der Waals surface area contributed by atoms with Crippen LogP contribution in [0.1, 0.15) is 25.8 Å². The number of anilines is 3. The van der Waals surface area contributed by atoms with Crippen molar-refractivity contribution in [3.8, 4) is 5.88 Å². The lowest BCUT2D eigenvalue weighted by Gasteiger charge is -2.32. The highest BCUT2D eigenvalue weighted by molar-refractivity contribution is 5.98. The summed E-state index contributed by atoms with van der Waals surface area (Å²) in [7, 11) is 1.51. The molecule has 1 aliphatic rings. The van der Waals surface area contributed by atoms with Gasteiger partial charge in [-0.3, -0.25) is 4.79 Å². The van der Waals surface area contributed by atoms with Crippen LogP contribution in [0.15, 0.2) is 30.5 Å². The minimum absolute atomic E-state index is 0.0568. The van der Waals surface area contributed by atoms with Crippen molar-refractivity contribution >= 4 is 23.2 Å². The van der Waals surface area contributed by atoms with Gasteiger partial charge in [-0.1, -0.05) is 38.5 Å². The van der Waals surface area contributed by atoms with Crippen LogP contribution < -0.4 is 20.7 Å². The Labute approximate surface area is 147 Å². The second kappa shape index (κ2) is 6.96. The highest BCUT2D eigenvalue weighted by Crippen LogP contribution is 2.31. The molecule has 7 nitrogen and oxygen atoms in total. The largest absolute Gasteiger partial charge is 0.479 e. The van der Waals surface area contributed by atoms with Gasteiger partial charge in [0.05, 0.1) is 13.3 Å². The summed E-state index contributed by atoms with van der Waals surface area (Å²) in [5, 5.41) is 3.04. The van der Waals surface area contributed by atoms with Gasteiger partial charge < -0.3 is 20.7 Å². The number of nitrogens with zero attached hydrogens (tertiary/aromatic N) is 3. The molecule has 0 fully saturated rings. The van der Waals surface area contributed by atoms with Crippen molar-refractivity contribution in [2.24, 2.45) is 5.92 Å². The molecule has 3 N–H and O–H groups in total. The van der Waals surface area contributed by atoms with Gasteiger partial charge in [0.2, 0.25) is 17.7 Å². The molecular weight excluding hydrogens is 318 g/mol. The number of methoxy groups -OCH3 is 1. The molecule has 0 unspecified atom stereocenters. The molecule has 0 bridgehead atoms. The van der Waals surface area contributed by atoms with Gasteiger partial charge in [-0.2, -0.15) is 4.98 Å². The summed E-state index contributed by atoms with van der Waals surface area (Å²) in [4.78, 5) is 23.6. The van der Waals surface area contributed by atoms with Gasteiger partial charge in [0, 0.05) is 12.2 Å². The van der Waals surface area contributed by atoms with Crippen molar-refractivity contribution in [3.63, 3.8) is 0 Å². The third kappa shape index (κ3) is 3.22. The number of ether oxygens (including phenoxy) is 1. The fraction of sp³-hybridized carbons (Fsp3) is 0.389. The van der Waals surface area contributed by atoms with E-state index in [4.69, 9.17) is 10.5 Å². The molecule has 1 aliphatic heterocycles. The van der Waals surface area contributed by atoms with Gasteiger partial charge in [0.15, 0.2) is 0 Å². The molecule has 1 aromatic carbocycles. The van der Waals surface area contributed by atoms with E-state index in [1.807, 2.05) is 29.2 Å². The third-order valence-electron chi connectivity index (χ3n) is 4.62. The Morgan fingerprint density at radius 3 is 2.92 bits per heavy atom. The number of benzene rings is 1. The summed E-state index contributed by atoms with van der Waals surface area (Å²) in [5.41, 5.74) is 8.04. The number of nitrogens with one attached hydrogen (secondary N) is 1. The number of nitrogen functional groups attached to an aromatic ring is 1. The lowest BCUT2D eigenvalue weighted by Crippen LogP contribution is -2.47. The summed E-state index contributed by atoms with van der Waals surface area (Å²) in [5.74, 6) is 0.814. The molecule has 0 radical (unpaired) electrons. The maximum atomic E-state index is 12.9. The first-order chi connectivity index (χ1) is 12.0. The normalized spacial score (nSPS) is 18.1. The van der Waals surface area contributed by atoms with Gasteiger partial charge in [0.1, 0.15) is 11.7 Å². The number of amides is 1. The number of carbonyl (C=O) groups is 1. The Balaban J connectivity index is 2.09. The molecule has 0 spiro atoms. The topological polar surface area (TPSA) is 93.4 Å². The lowest BCUT2D eigenvalue weighted by molar-refractivity contribution is -0.118. The SMILES string of the molecule is CC[C@H](C)[C@H]1C(=O)Nc2ccccc2CN1c1ncc(N)c(OC)n1. The van der Waals surface area contributed by atoms with Gasteiger partial charge in [0.25, 0.3) is 0 Å². The zero-order valence-corrected chi connectivity index (χ0v) is 14.7. The minimum atomic E-state index is -0.384. The first kappa shape index (κ1) is 17.0. The summed E-state index contributed by atoms with van der Waals surface area (Å²) in [6.45, 7) is 4.65. The number of fused-ring (bicyclic) bond motifs is 1. The zero-order chi connectivity index (χ0) is 18.0. The average molecular weight is 341 g/mol. The van der Waals surface area contributed by atoms with Crippen LogP contribution in [0.25, 0.3) is 0 Å². The van der Waals surface area contributed by atoms with Crippen molar-refractivity contribution in [1.82, 2.24) is 9.97 Å². The Morgan fingerprint density at radius 2 is 2.20 bits per heavy atom. The lowest BCUT2D eigenvalue weighted by atomic mass is 9.97. The molecule has 2 heterocycles. The van der Waals surface area contributed by atoms with Crippen LogP contribution in [0.5, 0.6) is 5.88 Å². The number of nitrogens with two attached hydrogens (primary N) is 1. The van der Waals surface area contributed by atoms with E-state index in [1.165, 1.54) is 13.3 Å². The average Bonchev–Trinajstić information content (AvgIpc) is 2.77. The van der Waals surface area contributed by atoms with Crippen molar-refractivity contribution in [2.45, 2.75) is 32.9 Å². The summed E-state index contributed by atoms with van der Waals surface area (Å²) >= 11 is 0. The molecule has 132 valence electrons. The third-order valence-corrected chi connectivity index (χ3v) is 4.62. The molecule has 0 aliphatic carbocycles. The van der Waals surface area contributed by atoms with E-state index in [2.05, 4.69) is 29.1 Å². The van der Waals surface area contributed by atoms with Crippen molar-refractivity contribution in [2.75, 3.05) is 23.1 Å². The predicted octanol–water partition coefficient (Wildman–Crippen LogP) is 2.44. The number of aromatic nitrogens is 2. The Hall–Kier alpha value is -2.83. The van der Waals surface area contributed by atoms with Crippen LogP contribution in [-0.4, -0.2) is 29.0 Å². The van der Waals surface area contributed by atoms with E-state index in [0.29, 0.717) is 24.1 Å². The van der Waals surface area contributed by atoms with Crippen molar-refractivity contribution in [3.05, 3.63) is 36.0 Å². The standard InChI is InChI=1S/C18H23N5O2/c1-4-11(2)15-16(24)21-14-8-6-5-7-12(14)10-23(15)18-20-9-13(19)17(22-18)25-3/h5-9,11,15H,4,10,19H2,1-3H3,(H,21,24)/t11-,15-/m0/s1. The number of carbonyl (C=O) groups excluding carboxylic acids is 1. The van der Waals surface area contributed by atoms with Crippen LogP contribution >= 0.6 is 0 Å². The predicted molar refractivity (Wildman–Crippen MR) is 97.5 cm³/mol. The zero-order valence-electron chi connectivity index (χ0n) is 14.7. The quantitative estimate of drug-likeness (QED) is 0.887. The maximum absolute atomic E-state index is 12.9. The van der Waals surface area contributed by atoms with Gasteiger partial charge in [-0.25, -0.2) is 4.98 Å². The monoisotopic (exact) mass is 341 g/mol. The van der Waals surface area contributed by atoms with Crippen molar-refractivity contribution < 1.29 is 9.53 Å². The molecule has 0 saturated heterocycles. The molecular formula is C18H23N5O2. The smallest absolute Gasteiger partial charge is 0.247 e. The molecule has 3 rings (SSSR count). The highest BCUT2D eigenvalue weighted by atomic mass is 16.5. The van der Waals surface area contributed by atoms with Gasteiger partial charge in [-0.15, -0.1) is 0 Å². The first-order valence-electron chi connectivity index (χ1n) is 8.37. The van der Waals surface area contributed by atoms with Gasteiger partial charge >= 0.3 is 0 Å². The maximum Gasteiger partial charge on any atom is 0.247 e. The minimum Gasteiger partial charge on any atom is -0.479 e. The molecule has 2 aromatic rings. The van der Waals surface area contributed by atoms with Crippen LogP contribution in [0.3, 0.4) is 0 Å². The van der Waals surface area contributed by atoms with Crippen LogP contribution in [-0.2, 0) is 11.3 Å².